The lowest BCUT2D eigenvalue weighted by Gasteiger charge is -2.28. The average molecular weight is 395 g/mol. The minimum absolute atomic E-state index is 0. The summed E-state index contributed by atoms with van der Waals surface area (Å²) in [5, 5.41) is 0.744. The molecule has 1 aromatic carbocycles. The zero-order valence-corrected chi connectivity index (χ0v) is 15.5. The zero-order valence-electron chi connectivity index (χ0n) is 13.1. The Morgan fingerprint density at radius 3 is 2.62 bits per heavy atom. The molecular formula is C16H22Cl3N3O2. The molecule has 0 saturated carbocycles. The molecule has 8 heteroatoms. The van der Waals surface area contributed by atoms with Crippen LogP contribution in [0.3, 0.4) is 0 Å². The minimum atomic E-state index is -0.648. The quantitative estimate of drug-likeness (QED) is 0.818. The van der Waals surface area contributed by atoms with Gasteiger partial charge in [0.05, 0.1) is 25.6 Å². The molecule has 0 amide bonds. The molecule has 2 aromatic rings. The Balaban J connectivity index is 0.00000144. The molecule has 1 saturated heterocycles. The standard InChI is InChI=1S/C16H20ClN3O2.2ClH/c17-14-3-1-13(2-4-14)5-6-16(11-20-8-7-19-12-20)21-10-15(9-18)22-16;;/h1-4,7-8,12,15H,5-6,9-11,18H2;2*1H/t15-,16-;;/m1../s1. The van der Waals surface area contributed by atoms with Gasteiger partial charge in [0.1, 0.15) is 0 Å². The zero-order chi connectivity index (χ0) is 15.4. The molecule has 0 bridgehead atoms. The molecule has 24 heavy (non-hydrogen) atoms. The van der Waals surface area contributed by atoms with E-state index in [9.17, 15) is 0 Å². The summed E-state index contributed by atoms with van der Waals surface area (Å²) in [6.45, 7) is 1.61. The summed E-state index contributed by atoms with van der Waals surface area (Å²) >= 11 is 5.93. The topological polar surface area (TPSA) is 62.3 Å². The number of benzene rings is 1. The Labute approximate surface area is 159 Å². The van der Waals surface area contributed by atoms with Crippen molar-refractivity contribution in [3.8, 4) is 0 Å². The number of rotatable bonds is 6. The van der Waals surface area contributed by atoms with Gasteiger partial charge in [0, 0.05) is 30.4 Å². The predicted octanol–water partition coefficient (Wildman–Crippen LogP) is 3.08. The van der Waals surface area contributed by atoms with Gasteiger partial charge in [-0.15, -0.1) is 24.8 Å². The monoisotopic (exact) mass is 393 g/mol. The second kappa shape index (κ2) is 9.61. The average Bonchev–Trinajstić information content (AvgIpc) is 3.17. The van der Waals surface area contributed by atoms with Crippen LogP contribution in [0.25, 0.3) is 0 Å². The summed E-state index contributed by atoms with van der Waals surface area (Å²) in [4.78, 5) is 4.08. The summed E-state index contributed by atoms with van der Waals surface area (Å²) in [5.41, 5.74) is 6.92. The molecule has 1 aromatic heterocycles. The van der Waals surface area contributed by atoms with Crippen LogP contribution in [-0.2, 0) is 22.4 Å². The van der Waals surface area contributed by atoms with Gasteiger partial charge >= 0.3 is 0 Å². The number of imidazole rings is 1. The Morgan fingerprint density at radius 2 is 2.04 bits per heavy atom. The van der Waals surface area contributed by atoms with E-state index >= 15 is 0 Å². The minimum Gasteiger partial charge on any atom is -0.345 e. The third-order valence-corrected chi connectivity index (χ3v) is 4.12. The summed E-state index contributed by atoms with van der Waals surface area (Å²) in [6.07, 6.45) is 6.99. The van der Waals surface area contributed by atoms with Gasteiger partial charge in [-0.25, -0.2) is 4.98 Å². The van der Waals surface area contributed by atoms with Crippen LogP contribution in [0.5, 0.6) is 0 Å². The van der Waals surface area contributed by atoms with Crippen molar-refractivity contribution in [2.45, 2.75) is 31.3 Å². The van der Waals surface area contributed by atoms with E-state index in [2.05, 4.69) is 4.98 Å². The smallest absolute Gasteiger partial charge is 0.187 e. The molecule has 2 N–H and O–H groups in total. The van der Waals surface area contributed by atoms with E-state index < -0.39 is 5.79 Å². The van der Waals surface area contributed by atoms with Crippen LogP contribution >= 0.6 is 36.4 Å². The van der Waals surface area contributed by atoms with Crippen LogP contribution in [0.4, 0.5) is 0 Å². The number of halogens is 3. The number of aryl methyl sites for hydroxylation is 1. The van der Waals surface area contributed by atoms with Gasteiger partial charge in [0.15, 0.2) is 5.79 Å². The van der Waals surface area contributed by atoms with E-state index in [0.717, 1.165) is 17.9 Å². The molecule has 0 unspecified atom stereocenters. The molecule has 1 aliphatic heterocycles. The van der Waals surface area contributed by atoms with Crippen molar-refractivity contribution in [3.63, 3.8) is 0 Å². The SMILES string of the molecule is Cl.Cl.NC[C@@H]1CO[C@@](CCc2ccc(Cl)cc2)(Cn2ccnc2)O1. The van der Waals surface area contributed by atoms with Gasteiger partial charge in [0.25, 0.3) is 0 Å². The maximum atomic E-state index is 6.10. The lowest BCUT2D eigenvalue weighted by Crippen LogP contribution is -2.37. The van der Waals surface area contributed by atoms with E-state index in [-0.39, 0.29) is 30.9 Å². The molecule has 134 valence electrons. The van der Waals surface area contributed by atoms with Crippen LogP contribution in [-0.4, -0.2) is 34.6 Å². The molecule has 0 aliphatic carbocycles. The fourth-order valence-corrected chi connectivity index (χ4v) is 2.80. The molecule has 3 rings (SSSR count). The van der Waals surface area contributed by atoms with E-state index in [0.29, 0.717) is 19.7 Å². The molecule has 5 nitrogen and oxygen atoms in total. The first-order valence-electron chi connectivity index (χ1n) is 7.41. The van der Waals surface area contributed by atoms with E-state index in [1.807, 2.05) is 35.0 Å². The Morgan fingerprint density at radius 1 is 1.29 bits per heavy atom. The summed E-state index contributed by atoms with van der Waals surface area (Å²) in [5.74, 6) is -0.648. The predicted molar refractivity (Wildman–Crippen MR) is 99.1 cm³/mol. The molecule has 0 spiro atoms. The third kappa shape index (κ3) is 5.34. The summed E-state index contributed by atoms with van der Waals surface area (Å²) in [7, 11) is 0. The summed E-state index contributed by atoms with van der Waals surface area (Å²) < 4.78 is 14.1. The van der Waals surface area contributed by atoms with Crippen molar-refractivity contribution in [3.05, 3.63) is 53.6 Å². The normalized spacial score (nSPS) is 22.7. The van der Waals surface area contributed by atoms with Crippen molar-refractivity contribution in [1.29, 1.82) is 0 Å². The first-order chi connectivity index (χ1) is 10.7. The van der Waals surface area contributed by atoms with E-state index in [4.69, 9.17) is 26.8 Å². The van der Waals surface area contributed by atoms with Crippen LogP contribution < -0.4 is 5.73 Å². The van der Waals surface area contributed by atoms with Crippen molar-refractivity contribution >= 4 is 36.4 Å². The molecule has 2 atom stereocenters. The van der Waals surface area contributed by atoms with E-state index in [1.54, 1.807) is 12.5 Å². The van der Waals surface area contributed by atoms with Gasteiger partial charge in [-0.1, -0.05) is 23.7 Å². The molecule has 1 fully saturated rings. The molecule has 0 radical (unpaired) electrons. The number of hydrogen-bond donors (Lipinski definition) is 1. The Bertz CT molecular complexity index is 595. The Hall–Kier alpha value is -0.820. The van der Waals surface area contributed by atoms with Crippen molar-refractivity contribution in [1.82, 2.24) is 9.55 Å². The molecule has 1 aliphatic rings. The van der Waals surface area contributed by atoms with Crippen LogP contribution in [0.2, 0.25) is 5.02 Å². The second-order valence-electron chi connectivity index (χ2n) is 5.56. The van der Waals surface area contributed by atoms with Crippen molar-refractivity contribution in [2.24, 2.45) is 5.73 Å². The van der Waals surface area contributed by atoms with Crippen LogP contribution in [0.15, 0.2) is 43.0 Å². The number of hydrogen-bond acceptors (Lipinski definition) is 4. The highest BCUT2D eigenvalue weighted by Crippen LogP contribution is 2.30. The molecular weight excluding hydrogens is 373 g/mol. The highest BCUT2D eigenvalue weighted by molar-refractivity contribution is 6.30. The number of ether oxygens (including phenoxy) is 2. The van der Waals surface area contributed by atoms with Crippen molar-refractivity contribution < 1.29 is 9.47 Å². The number of aromatic nitrogens is 2. The maximum absolute atomic E-state index is 6.10. The summed E-state index contributed by atoms with van der Waals surface area (Å²) in [6, 6.07) is 7.86. The van der Waals surface area contributed by atoms with E-state index in [1.165, 1.54) is 5.56 Å². The van der Waals surface area contributed by atoms with Gasteiger partial charge in [-0.05, 0) is 24.1 Å². The van der Waals surface area contributed by atoms with Crippen LogP contribution in [0.1, 0.15) is 12.0 Å². The highest BCUT2D eigenvalue weighted by Gasteiger charge is 2.41. The van der Waals surface area contributed by atoms with Crippen LogP contribution in [0, 0.1) is 0 Å². The maximum Gasteiger partial charge on any atom is 0.187 e. The highest BCUT2D eigenvalue weighted by atomic mass is 35.5. The van der Waals surface area contributed by atoms with Crippen molar-refractivity contribution in [2.75, 3.05) is 13.2 Å². The largest absolute Gasteiger partial charge is 0.345 e. The van der Waals surface area contributed by atoms with Gasteiger partial charge in [0.2, 0.25) is 0 Å². The lowest BCUT2D eigenvalue weighted by atomic mass is 10.0. The lowest BCUT2D eigenvalue weighted by molar-refractivity contribution is -0.181. The third-order valence-electron chi connectivity index (χ3n) is 3.87. The molecule has 2 heterocycles. The number of nitrogens with two attached hydrogens (primary N) is 1. The van der Waals surface area contributed by atoms with Gasteiger partial charge < -0.3 is 19.8 Å². The fraction of sp³-hybridized carbons (Fsp3) is 0.438. The van der Waals surface area contributed by atoms with Gasteiger partial charge in [-0.3, -0.25) is 0 Å². The Kier molecular flexibility index (Phi) is 8.50. The first kappa shape index (κ1) is 21.2. The number of nitrogens with zero attached hydrogens (tertiary/aromatic N) is 2. The first-order valence-corrected chi connectivity index (χ1v) is 7.79. The van der Waals surface area contributed by atoms with Gasteiger partial charge in [-0.2, -0.15) is 0 Å². The fourth-order valence-electron chi connectivity index (χ4n) is 2.67. The second-order valence-corrected chi connectivity index (χ2v) is 6.00.